The second kappa shape index (κ2) is 6.12. The number of rotatable bonds is 4. The van der Waals surface area contributed by atoms with Crippen molar-refractivity contribution in [1.82, 2.24) is 4.57 Å². The van der Waals surface area contributed by atoms with Crippen molar-refractivity contribution in [3.63, 3.8) is 0 Å². The number of carbonyl (C=O) groups is 1. The molecular formula is C20H18N2O5. The molecule has 3 aromatic rings. The van der Waals surface area contributed by atoms with Gasteiger partial charge in [-0.3, -0.25) is 14.4 Å². The van der Waals surface area contributed by atoms with Crippen molar-refractivity contribution in [2.45, 2.75) is 32.2 Å². The van der Waals surface area contributed by atoms with Crippen LogP contribution in [0.5, 0.6) is 5.75 Å². The lowest BCUT2D eigenvalue weighted by Gasteiger charge is -2.18. The van der Waals surface area contributed by atoms with Crippen molar-refractivity contribution < 1.29 is 14.3 Å². The van der Waals surface area contributed by atoms with Crippen molar-refractivity contribution in [3.05, 3.63) is 73.6 Å². The summed E-state index contributed by atoms with van der Waals surface area (Å²) in [6.07, 6.45) is 0.488. The Balaban J connectivity index is 2.01. The number of primary amides is 1. The molecule has 138 valence electrons. The Labute approximate surface area is 153 Å². The Hall–Kier alpha value is -3.35. The predicted molar refractivity (Wildman–Crippen MR) is 98.9 cm³/mol. The van der Waals surface area contributed by atoms with Gasteiger partial charge in [0.25, 0.3) is 5.56 Å². The van der Waals surface area contributed by atoms with Gasteiger partial charge < -0.3 is 19.8 Å². The van der Waals surface area contributed by atoms with E-state index in [1.54, 1.807) is 17.6 Å². The third kappa shape index (κ3) is 2.71. The van der Waals surface area contributed by atoms with E-state index in [4.69, 9.17) is 10.2 Å². The van der Waals surface area contributed by atoms with Gasteiger partial charge in [-0.05, 0) is 30.4 Å². The summed E-state index contributed by atoms with van der Waals surface area (Å²) in [5, 5.41) is 11.1. The first-order valence-electron chi connectivity index (χ1n) is 8.64. The number of aromatic hydroxyl groups is 1. The minimum Gasteiger partial charge on any atom is -0.502 e. The average molecular weight is 366 g/mol. The molecular weight excluding hydrogens is 348 g/mol. The summed E-state index contributed by atoms with van der Waals surface area (Å²) in [4.78, 5) is 36.8. The Morgan fingerprint density at radius 1 is 1.33 bits per heavy atom. The normalized spacial score (nSPS) is 13.8. The fourth-order valence-electron chi connectivity index (χ4n) is 3.85. The first kappa shape index (κ1) is 17.1. The molecule has 0 bridgehead atoms. The van der Waals surface area contributed by atoms with Crippen LogP contribution in [0.1, 0.15) is 35.0 Å². The Kier molecular flexibility index (Phi) is 3.87. The second-order valence-electron chi connectivity index (χ2n) is 6.82. The number of benzene rings is 1. The van der Waals surface area contributed by atoms with Crippen LogP contribution in [0.4, 0.5) is 0 Å². The number of aryl methyl sites for hydroxylation is 3. The SMILES string of the molecule is Cc1cc(=O)c(O)c(C(CC(N)=O)c2cc3cccc4c3n(c2=O)CC4)o1. The Morgan fingerprint density at radius 2 is 2.11 bits per heavy atom. The number of carbonyl (C=O) groups excluding carboxylic acids is 1. The van der Waals surface area contributed by atoms with E-state index in [1.165, 1.54) is 0 Å². The molecule has 7 nitrogen and oxygen atoms in total. The van der Waals surface area contributed by atoms with Crippen molar-refractivity contribution in [2.75, 3.05) is 0 Å². The highest BCUT2D eigenvalue weighted by Crippen LogP contribution is 2.34. The van der Waals surface area contributed by atoms with E-state index >= 15 is 0 Å². The molecule has 1 aliphatic rings. The molecule has 27 heavy (non-hydrogen) atoms. The summed E-state index contributed by atoms with van der Waals surface area (Å²) in [6, 6.07) is 8.63. The predicted octanol–water partition coefficient (Wildman–Crippen LogP) is 1.53. The Bertz CT molecular complexity index is 1210. The molecule has 0 saturated carbocycles. The summed E-state index contributed by atoms with van der Waals surface area (Å²) in [7, 11) is 0. The molecule has 4 rings (SSSR count). The van der Waals surface area contributed by atoms with Crippen LogP contribution in [0.3, 0.4) is 0 Å². The van der Waals surface area contributed by atoms with E-state index in [0.29, 0.717) is 6.54 Å². The zero-order valence-electron chi connectivity index (χ0n) is 14.7. The van der Waals surface area contributed by atoms with Crippen LogP contribution in [-0.4, -0.2) is 15.6 Å². The molecule has 0 radical (unpaired) electrons. The topological polar surface area (TPSA) is 116 Å². The van der Waals surface area contributed by atoms with Crippen LogP contribution in [0.25, 0.3) is 10.9 Å². The first-order valence-corrected chi connectivity index (χ1v) is 8.64. The standard InChI is InChI=1S/C20H18N2O5/c1-10-7-15(23)18(25)19(27-10)13(9-16(21)24)14-8-12-4-2-3-11-5-6-22(17(11)12)20(14)26/h2-4,7-8,13,25H,5-6,9H2,1H3,(H2,21,24). The number of nitrogens with zero attached hydrogens (tertiary/aromatic N) is 1. The molecule has 1 unspecified atom stereocenters. The zero-order chi connectivity index (χ0) is 19.3. The summed E-state index contributed by atoms with van der Waals surface area (Å²) in [5.41, 5.74) is 6.72. The van der Waals surface area contributed by atoms with Crippen molar-refractivity contribution in [2.24, 2.45) is 5.73 Å². The molecule has 3 N–H and O–H groups in total. The number of amides is 1. The maximum absolute atomic E-state index is 13.1. The molecule has 3 heterocycles. The number of hydrogen-bond acceptors (Lipinski definition) is 5. The molecule has 2 aromatic heterocycles. The van der Waals surface area contributed by atoms with Crippen LogP contribution in [-0.2, 0) is 17.8 Å². The quantitative estimate of drug-likeness (QED) is 0.726. The number of para-hydroxylation sites is 1. The third-order valence-electron chi connectivity index (χ3n) is 5.00. The van der Waals surface area contributed by atoms with Gasteiger partial charge in [-0.15, -0.1) is 0 Å². The van der Waals surface area contributed by atoms with E-state index in [2.05, 4.69) is 0 Å². The molecule has 0 aliphatic carbocycles. The van der Waals surface area contributed by atoms with E-state index in [9.17, 15) is 19.5 Å². The second-order valence-corrected chi connectivity index (χ2v) is 6.82. The lowest BCUT2D eigenvalue weighted by molar-refractivity contribution is -0.118. The van der Waals surface area contributed by atoms with Gasteiger partial charge in [-0.2, -0.15) is 0 Å². The van der Waals surface area contributed by atoms with Crippen molar-refractivity contribution in [1.29, 1.82) is 0 Å². The van der Waals surface area contributed by atoms with Crippen LogP contribution in [0.2, 0.25) is 0 Å². The van der Waals surface area contributed by atoms with Crippen LogP contribution < -0.4 is 16.7 Å². The lowest BCUT2D eigenvalue weighted by atomic mass is 9.91. The van der Waals surface area contributed by atoms with Crippen LogP contribution in [0, 0.1) is 6.92 Å². The monoisotopic (exact) mass is 366 g/mol. The van der Waals surface area contributed by atoms with Gasteiger partial charge in [0, 0.05) is 24.6 Å². The molecule has 0 fully saturated rings. The Morgan fingerprint density at radius 3 is 2.85 bits per heavy atom. The fourth-order valence-corrected chi connectivity index (χ4v) is 3.85. The maximum atomic E-state index is 13.1. The number of pyridine rings is 1. The zero-order valence-corrected chi connectivity index (χ0v) is 14.7. The van der Waals surface area contributed by atoms with E-state index < -0.39 is 23.0 Å². The first-order chi connectivity index (χ1) is 12.9. The van der Waals surface area contributed by atoms with Gasteiger partial charge in [0.05, 0.1) is 11.4 Å². The van der Waals surface area contributed by atoms with Crippen molar-refractivity contribution in [3.8, 4) is 5.75 Å². The molecule has 1 aromatic carbocycles. The third-order valence-corrected chi connectivity index (χ3v) is 5.00. The molecule has 1 amide bonds. The van der Waals surface area contributed by atoms with Gasteiger partial charge in [0.1, 0.15) is 5.76 Å². The summed E-state index contributed by atoms with van der Waals surface area (Å²) < 4.78 is 7.22. The van der Waals surface area contributed by atoms with Gasteiger partial charge in [-0.1, -0.05) is 18.2 Å². The average Bonchev–Trinajstić information content (AvgIpc) is 3.05. The smallest absolute Gasteiger partial charge is 0.255 e. The van der Waals surface area contributed by atoms with E-state index in [1.807, 2.05) is 18.2 Å². The van der Waals surface area contributed by atoms with Gasteiger partial charge in [0.2, 0.25) is 17.1 Å². The summed E-state index contributed by atoms with van der Waals surface area (Å²) in [6.45, 7) is 2.10. The highest BCUT2D eigenvalue weighted by Gasteiger charge is 2.29. The van der Waals surface area contributed by atoms with E-state index in [-0.39, 0.29) is 29.1 Å². The summed E-state index contributed by atoms with van der Waals surface area (Å²) in [5.74, 6) is -2.06. The highest BCUT2D eigenvalue weighted by atomic mass is 16.4. The molecule has 1 aliphatic heterocycles. The van der Waals surface area contributed by atoms with Gasteiger partial charge >= 0.3 is 0 Å². The minimum atomic E-state index is -0.944. The number of nitrogens with two attached hydrogens (primary N) is 1. The fraction of sp³-hybridized carbons (Fsp3) is 0.250. The molecule has 7 heteroatoms. The van der Waals surface area contributed by atoms with E-state index in [0.717, 1.165) is 29.0 Å². The molecule has 0 spiro atoms. The lowest BCUT2D eigenvalue weighted by Crippen LogP contribution is -2.27. The van der Waals surface area contributed by atoms with Gasteiger partial charge in [0.15, 0.2) is 5.76 Å². The van der Waals surface area contributed by atoms with Crippen LogP contribution >= 0.6 is 0 Å². The molecule has 1 atom stereocenters. The van der Waals surface area contributed by atoms with Crippen molar-refractivity contribution >= 4 is 16.8 Å². The summed E-state index contributed by atoms with van der Waals surface area (Å²) >= 11 is 0. The van der Waals surface area contributed by atoms with Crippen LogP contribution in [0.15, 0.2) is 44.3 Å². The number of hydrogen-bond donors (Lipinski definition) is 2. The maximum Gasteiger partial charge on any atom is 0.255 e. The molecule has 0 saturated heterocycles. The highest BCUT2D eigenvalue weighted by molar-refractivity contribution is 5.84. The van der Waals surface area contributed by atoms with Gasteiger partial charge in [-0.25, -0.2) is 0 Å². The number of aromatic nitrogens is 1. The largest absolute Gasteiger partial charge is 0.502 e. The minimum absolute atomic E-state index is 0.114.